The topological polar surface area (TPSA) is 75.3 Å². The van der Waals surface area contributed by atoms with Gasteiger partial charge in [-0.1, -0.05) is 42.0 Å². The molecule has 0 aliphatic carbocycles. The van der Waals surface area contributed by atoms with Crippen LogP contribution in [-0.2, 0) is 10.0 Å². The van der Waals surface area contributed by atoms with Gasteiger partial charge in [0.1, 0.15) is 0 Å². The second-order valence-corrected chi connectivity index (χ2v) is 9.72. The van der Waals surface area contributed by atoms with Crippen molar-refractivity contribution in [2.75, 3.05) is 4.72 Å². The van der Waals surface area contributed by atoms with Gasteiger partial charge in [-0.15, -0.1) is 0 Å². The van der Waals surface area contributed by atoms with Crippen molar-refractivity contribution in [3.05, 3.63) is 94.0 Å². The summed E-state index contributed by atoms with van der Waals surface area (Å²) in [5.41, 5.74) is 5.42. The van der Waals surface area contributed by atoms with Gasteiger partial charge in [-0.25, -0.2) is 8.42 Å². The molecule has 0 saturated carbocycles. The molecule has 0 saturated heterocycles. The summed E-state index contributed by atoms with van der Waals surface area (Å²) in [6.45, 7) is 9.45. The summed E-state index contributed by atoms with van der Waals surface area (Å²) < 4.78 is 28.7. The van der Waals surface area contributed by atoms with Gasteiger partial charge in [-0.05, 0) is 81.1 Å². The Balaban J connectivity index is 1.84. The van der Waals surface area contributed by atoms with Gasteiger partial charge in [0.05, 0.1) is 10.9 Å². The zero-order valence-corrected chi connectivity index (χ0v) is 19.3. The second-order valence-electron chi connectivity index (χ2n) is 8.07. The Labute approximate surface area is 184 Å². The maximum atomic E-state index is 13.1. The molecular formula is C25H28N2O3S. The van der Waals surface area contributed by atoms with Crippen molar-refractivity contribution in [2.24, 2.45) is 0 Å². The number of hydrogen-bond acceptors (Lipinski definition) is 3. The van der Waals surface area contributed by atoms with Crippen LogP contribution in [0.1, 0.15) is 51.1 Å². The Morgan fingerprint density at radius 3 is 2.03 bits per heavy atom. The lowest BCUT2D eigenvalue weighted by molar-refractivity contribution is 0.0939. The highest BCUT2D eigenvalue weighted by atomic mass is 32.2. The van der Waals surface area contributed by atoms with Gasteiger partial charge in [0, 0.05) is 11.3 Å². The highest BCUT2D eigenvalue weighted by molar-refractivity contribution is 7.92. The van der Waals surface area contributed by atoms with E-state index >= 15 is 0 Å². The van der Waals surface area contributed by atoms with Crippen LogP contribution in [0.25, 0.3) is 0 Å². The molecule has 0 aliphatic rings. The summed E-state index contributed by atoms with van der Waals surface area (Å²) in [6.07, 6.45) is 0. The largest absolute Gasteiger partial charge is 0.346 e. The third-order valence-electron chi connectivity index (χ3n) is 5.14. The van der Waals surface area contributed by atoms with Gasteiger partial charge in [0.2, 0.25) is 0 Å². The fourth-order valence-electron chi connectivity index (χ4n) is 3.49. The van der Waals surface area contributed by atoms with E-state index < -0.39 is 10.0 Å². The Kier molecular flexibility index (Phi) is 6.51. The predicted octanol–water partition coefficient (Wildman–Crippen LogP) is 5.21. The van der Waals surface area contributed by atoms with Crippen LogP contribution in [-0.4, -0.2) is 14.3 Å². The van der Waals surface area contributed by atoms with Crippen LogP contribution in [0.4, 0.5) is 5.69 Å². The van der Waals surface area contributed by atoms with Crippen LogP contribution in [0.2, 0.25) is 0 Å². The minimum absolute atomic E-state index is 0.0855. The molecule has 3 rings (SSSR count). The van der Waals surface area contributed by atoms with Gasteiger partial charge >= 0.3 is 0 Å². The quantitative estimate of drug-likeness (QED) is 0.557. The predicted molar refractivity (Wildman–Crippen MR) is 125 cm³/mol. The van der Waals surface area contributed by atoms with Crippen molar-refractivity contribution in [3.63, 3.8) is 0 Å². The Bertz CT molecular complexity index is 1200. The minimum atomic E-state index is -3.85. The fraction of sp³-hybridized carbons (Fsp3) is 0.240. The molecule has 0 bridgehead atoms. The van der Waals surface area contributed by atoms with E-state index in [9.17, 15) is 13.2 Å². The first-order valence-electron chi connectivity index (χ1n) is 10.1. The highest BCUT2D eigenvalue weighted by Gasteiger charge is 2.20. The van der Waals surface area contributed by atoms with E-state index in [0.29, 0.717) is 16.8 Å². The maximum Gasteiger partial charge on any atom is 0.262 e. The zero-order chi connectivity index (χ0) is 22.8. The molecule has 1 atom stereocenters. The molecule has 1 amide bonds. The average Bonchev–Trinajstić information content (AvgIpc) is 2.67. The molecule has 2 N–H and O–H groups in total. The Hall–Kier alpha value is -3.12. The van der Waals surface area contributed by atoms with E-state index in [-0.39, 0.29) is 16.8 Å². The van der Waals surface area contributed by atoms with E-state index in [1.165, 1.54) is 6.07 Å². The first-order chi connectivity index (χ1) is 14.5. The SMILES string of the molecule is Cc1ccc([C@@H](C)NC(=O)c2ccc(C)c(S(=O)(=O)Nc3cc(C)cc(C)c3)c2)cc1. The summed E-state index contributed by atoms with van der Waals surface area (Å²) in [5.74, 6) is -0.323. The lowest BCUT2D eigenvalue weighted by atomic mass is 10.1. The van der Waals surface area contributed by atoms with Crippen LogP contribution < -0.4 is 10.0 Å². The Morgan fingerprint density at radius 1 is 0.806 bits per heavy atom. The number of nitrogens with one attached hydrogen (secondary N) is 2. The molecule has 31 heavy (non-hydrogen) atoms. The minimum Gasteiger partial charge on any atom is -0.346 e. The van der Waals surface area contributed by atoms with Crippen LogP contribution >= 0.6 is 0 Å². The molecule has 162 valence electrons. The standard InChI is InChI=1S/C25H28N2O3S/c1-16-6-9-21(10-7-16)20(5)26-25(28)22-11-8-19(4)24(15-22)31(29,30)27-23-13-17(2)12-18(3)14-23/h6-15,20,27H,1-5H3,(H,26,28)/t20-/m1/s1. The van der Waals surface area contributed by atoms with E-state index in [4.69, 9.17) is 0 Å². The molecule has 0 aliphatic heterocycles. The summed E-state index contributed by atoms with van der Waals surface area (Å²) >= 11 is 0. The molecule has 3 aromatic carbocycles. The normalized spacial score (nSPS) is 12.3. The first-order valence-corrected chi connectivity index (χ1v) is 11.6. The lowest BCUT2D eigenvalue weighted by Crippen LogP contribution is -2.27. The first kappa shape index (κ1) is 22.6. The van der Waals surface area contributed by atoms with E-state index in [2.05, 4.69) is 10.0 Å². The van der Waals surface area contributed by atoms with Crippen LogP contribution in [0, 0.1) is 27.7 Å². The van der Waals surface area contributed by atoms with E-state index in [1.807, 2.05) is 58.0 Å². The van der Waals surface area contributed by atoms with Crippen molar-refractivity contribution >= 4 is 21.6 Å². The van der Waals surface area contributed by atoms with E-state index in [1.54, 1.807) is 31.2 Å². The number of carbonyl (C=O) groups is 1. The zero-order valence-electron chi connectivity index (χ0n) is 18.5. The van der Waals surface area contributed by atoms with Gasteiger partial charge in [-0.3, -0.25) is 9.52 Å². The molecule has 0 unspecified atom stereocenters. The Morgan fingerprint density at radius 2 is 1.42 bits per heavy atom. The number of carbonyl (C=O) groups excluding carboxylic acids is 1. The van der Waals surface area contributed by atoms with Crippen molar-refractivity contribution in [2.45, 2.75) is 45.6 Å². The number of anilines is 1. The van der Waals surface area contributed by atoms with E-state index in [0.717, 1.165) is 22.3 Å². The van der Waals surface area contributed by atoms with Crippen molar-refractivity contribution in [1.82, 2.24) is 5.32 Å². The monoisotopic (exact) mass is 436 g/mol. The molecular weight excluding hydrogens is 408 g/mol. The molecule has 0 fully saturated rings. The fourth-order valence-corrected chi connectivity index (χ4v) is 4.81. The molecule has 0 radical (unpaired) electrons. The summed E-state index contributed by atoms with van der Waals surface area (Å²) in [6, 6.07) is 18.0. The highest BCUT2D eigenvalue weighted by Crippen LogP contribution is 2.23. The molecule has 0 spiro atoms. The molecule has 0 aromatic heterocycles. The lowest BCUT2D eigenvalue weighted by Gasteiger charge is -2.16. The van der Waals surface area contributed by atoms with Crippen molar-refractivity contribution in [1.29, 1.82) is 0 Å². The number of benzene rings is 3. The summed E-state index contributed by atoms with van der Waals surface area (Å²) in [7, 11) is -3.85. The number of sulfonamides is 1. The van der Waals surface area contributed by atoms with Crippen molar-refractivity contribution in [3.8, 4) is 0 Å². The number of aryl methyl sites for hydroxylation is 4. The van der Waals surface area contributed by atoms with Gasteiger partial charge in [-0.2, -0.15) is 0 Å². The number of amides is 1. The van der Waals surface area contributed by atoms with Crippen molar-refractivity contribution < 1.29 is 13.2 Å². The van der Waals surface area contributed by atoms with Gasteiger partial charge in [0.25, 0.3) is 15.9 Å². The van der Waals surface area contributed by atoms with Crippen LogP contribution in [0.5, 0.6) is 0 Å². The summed E-state index contributed by atoms with van der Waals surface area (Å²) in [4.78, 5) is 12.9. The average molecular weight is 437 g/mol. The smallest absolute Gasteiger partial charge is 0.262 e. The molecule has 0 heterocycles. The number of rotatable bonds is 6. The van der Waals surface area contributed by atoms with Gasteiger partial charge < -0.3 is 5.32 Å². The summed E-state index contributed by atoms with van der Waals surface area (Å²) in [5, 5.41) is 2.94. The maximum absolute atomic E-state index is 13.1. The van der Waals surface area contributed by atoms with Crippen LogP contribution in [0.3, 0.4) is 0 Å². The second kappa shape index (κ2) is 8.94. The van der Waals surface area contributed by atoms with Crippen LogP contribution in [0.15, 0.2) is 65.6 Å². The third-order valence-corrected chi connectivity index (χ3v) is 6.66. The third kappa shape index (κ3) is 5.52. The van der Waals surface area contributed by atoms with Gasteiger partial charge in [0.15, 0.2) is 0 Å². The molecule has 5 nitrogen and oxygen atoms in total. The number of hydrogen-bond donors (Lipinski definition) is 2. The molecule has 6 heteroatoms. The molecule has 3 aromatic rings.